The van der Waals surface area contributed by atoms with Crippen LogP contribution in [0.4, 0.5) is 0 Å². The average molecular weight is 244 g/mol. The van der Waals surface area contributed by atoms with Gasteiger partial charge in [0.1, 0.15) is 11.8 Å². The molecule has 0 N–H and O–H groups in total. The Balaban J connectivity index is 2.07. The Hall–Kier alpha value is -1.53. The Morgan fingerprint density at radius 2 is 2.11 bits per heavy atom. The van der Waals surface area contributed by atoms with Crippen molar-refractivity contribution in [1.29, 1.82) is 5.26 Å². The maximum atomic E-state index is 9.08. The zero-order valence-electron chi connectivity index (χ0n) is 11.1. The molecule has 0 spiro atoms. The molecule has 0 bridgehead atoms. The normalized spacial score (nSPS) is 15.9. The lowest BCUT2D eigenvalue weighted by molar-refractivity contribution is 0.237. The number of rotatable bonds is 4. The van der Waals surface area contributed by atoms with Gasteiger partial charge in [0.25, 0.3) is 0 Å². The predicted octanol–water partition coefficient (Wildman–Crippen LogP) is 2.94. The lowest BCUT2D eigenvalue weighted by Gasteiger charge is -2.24. The van der Waals surface area contributed by atoms with E-state index in [-0.39, 0.29) is 0 Å². The number of methoxy groups -OCH3 is 1. The number of hydrogen-bond donors (Lipinski definition) is 0. The summed E-state index contributed by atoms with van der Waals surface area (Å²) >= 11 is 0. The van der Waals surface area contributed by atoms with Gasteiger partial charge in [-0.3, -0.25) is 4.90 Å². The first-order valence-electron chi connectivity index (χ1n) is 6.52. The van der Waals surface area contributed by atoms with Crippen LogP contribution in [-0.2, 0) is 6.54 Å². The molecule has 18 heavy (non-hydrogen) atoms. The van der Waals surface area contributed by atoms with E-state index in [1.165, 1.54) is 31.2 Å². The number of ether oxygens (including phenoxy) is 1. The molecular weight excluding hydrogens is 224 g/mol. The van der Waals surface area contributed by atoms with Crippen LogP contribution in [0.15, 0.2) is 18.2 Å². The van der Waals surface area contributed by atoms with Gasteiger partial charge in [0.15, 0.2) is 0 Å². The van der Waals surface area contributed by atoms with Crippen LogP contribution in [0, 0.1) is 11.3 Å². The van der Waals surface area contributed by atoms with E-state index < -0.39 is 0 Å². The van der Waals surface area contributed by atoms with E-state index in [0.717, 1.165) is 6.54 Å². The highest BCUT2D eigenvalue weighted by Crippen LogP contribution is 2.25. The molecule has 0 radical (unpaired) electrons. The molecule has 1 aromatic carbocycles. The van der Waals surface area contributed by atoms with Crippen LogP contribution < -0.4 is 4.74 Å². The molecule has 0 saturated heterocycles. The average Bonchev–Trinajstić information content (AvgIpc) is 2.92. The Labute approximate surface area is 109 Å². The Bertz CT molecular complexity index is 444. The molecule has 1 aliphatic carbocycles. The first kappa shape index (κ1) is 12.9. The topological polar surface area (TPSA) is 36.3 Å². The first-order chi connectivity index (χ1) is 8.74. The molecule has 0 unspecified atom stereocenters. The van der Waals surface area contributed by atoms with E-state index in [1.807, 2.05) is 18.2 Å². The molecule has 0 heterocycles. The Morgan fingerprint density at radius 1 is 1.39 bits per heavy atom. The van der Waals surface area contributed by atoms with Crippen molar-refractivity contribution in [2.45, 2.75) is 38.3 Å². The fraction of sp³-hybridized carbons (Fsp3) is 0.533. The van der Waals surface area contributed by atoms with Crippen molar-refractivity contribution < 1.29 is 4.74 Å². The molecule has 96 valence electrons. The van der Waals surface area contributed by atoms with E-state index in [4.69, 9.17) is 10.00 Å². The number of nitrogens with zero attached hydrogens (tertiary/aromatic N) is 2. The lowest BCUT2D eigenvalue weighted by Crippen LogP contribution is -2.28. The maximum Gasteiger partial charge on any atom is 0.136 e. The van der Waals surface area contributed by atoms with Gasteiger partial charge < -0.3 is 4.74 Å². The van der Waals surface area contributed by atoms with Crippen molar-refractivity contribution in [3.8, 4) is 11.8 Å². The van der Waals surface area contributed by atoms with E-state index in [2.05, 4.69) is 18.0 Å². The van der Waals surface area contributed by atoms with Gasteiger partial charge in [-0.1, -0.05) is 18.9 Å². The predicted molar refractivity (Wildman–Crippen MR) is 71.4 cm³/mol. The molecule has 1 aromatic rings. The van der Waals surface area contributed by atoms with E-state index in [9.17, 15) is 0 Å². The van der Waals surface area contributed by atoms with E-state index in [0.29, 0.717) is 17.4 Å². The number of nitriles is 1. The van der Waals surface area contributed by atoms with Gasteiger partial charge >= 0.3 is 0 Å². The van der Waals surface area contributed by atoms with Crippen LogP contribution in [0.1, 0.15) is 36.8 Å². The Kier molecular flexibility index (Phi) is 4.22. The summed E-state index contributed by atoms with van der Waals surface area (Å²) in [6, 6.07) is 8.76. The summed E-state index contributed by atoms with van der Waals surface area (Å²) in [4.78, 5) is 2.40. The van der Waals surface area contributed by atoms with Crippen molar-refractivity contribution in [3.63, 3.8) is 0 Å². The zero-order valence-corrected chi connectivity index (χ0v) is 11.1. The van der Waals surface area contributed by atoms with Gasteiger partial charge in [0, 0.05) is 12.6 Å². The summed E-state index contributed by atoms with van der Waals surface area (Å²) in [6.45, 7) is 0.906. The smallest absolute Gasteiger partial charge is 0.136 e. The minimum atomic E-state index is 0.620. The van der Waals surface area contributed by atoms with E-state index >= 15 is 0 Å². The van der Waals surface area contributed by atoms with Crippen molar-refractivity contribution in [2.75, 3.05) is 14.2 Å². The minimum absolute atomic E-state index is 0.620. The largest absolute Gasteiger partial charge is 0.495 e. The second kappa shape index (κ2) is 5.88. The molecule has 0 aromatic heterocycles. The van der Waals surface area contributed by atoms with Crippen molar-refractivity contribution in [1.82, 2.24) is 4.90 Å². The summed E-state index contributed by atoms with van der Waals surface area (Å²) in [5.41, 5.74) is 1.80. The van der Waals surface area contributed by atoms with Gasteiger partial charge in [-0.15, -0.1) is 0 Å². The number of hydrogen-bond acceptors (Lipinski definition) is 3. The lowest BCUT2D eigenvalue weighted by atomic mass is 10.1. The highest BCUT2D eigenvalue weighted by molar-refractivity contribution is 5.45. The van der Waals surface area contributed by atoms with Crippen LogP contribution in [0.5, 0.6) is 5.75 Å². The maximum absolute atomic E-state index is 9.08. The molecule has 0 aliphatic heterocycles. The van der Waals surface area contributed by atoms with Crippen LogP contribution in [0.3, 0.4) is 0 Å². The molecular formula is C15H20N2O. The highest BCUT2D eigenvalue weighted by atomic mass is 16.5. The third kappa shape index (κ3) is 2.83. The van der Waals surface area contributed by atoms with Crippen molar-refractivity contribution in [2.24, 2.45) is 0 Å². The van der Waals surface area contributed by atoms with Crippen LogP contribution in [-0.4, -0.2) is 25.1 Å². The quantitative estimate of drug-likeness (QED) is 0.817. The monoisotopic (exact) mass is 244 g/mol. The standard InChI is InChI=1S/C15H20N2O/c1-17(14-5-3-4-6-14)11-12-7-8-15(18-2)13(9-12)10-16/h7-9,14H,3-6,11H2,1-2H3. The molecule has 3 heteroatoms. The van der Waals surface area contributed by atoms with Gasteiger partial charge in [-0.25, -0.2) is 0 Å². The second-order valence-corrected chi connectivity index (χ2v) is 5.00. The third-order valence-corrected chi connectivity index (χ3v) is 3.76. The first-order valence-corrected chi connectivity index (χ1v) is 6.52. The second-order valence-electron chi connectivity index (χ2n) is 5.00. The molecule has 3 nitrogen and oxygen atoms in total. The molecule has 0 amide bonds. The zero-order chi connectivity index (χ0) is 13.0. The summed E-state index contributed by atoms with van der Waals surface area (Å²) in [7, 11) is 3.77. The molecule has 1 aliphatic rings. The fourth-order valence-electron chi connectivity index (χ4n) is 2.70. The summed E-state index contributed by atoms with van der Waals surface area (Å²) in [5.74, 6) is 0.657. The van der Waals surface area contributed by atoms with Crippen LogP contribution in [0.25, 0.3) is 0 Å². The molecule has 0 atom stereocenters. The molecule has 1 saturated carbocycles. The third-order valence-electron chi connectivity index (χ3n) is 3.76. The highest BCUT2D eigenvalue weighted by Gasteiger charge is 2.19. The van der Waals surface area contributed by atoms with Gasteiger partial charge in [-0.2, -0.15) is 5.26 Å². The van der Waals surface area contributed by atoms with Crippen molar-refractivity contribution >= 4 is 0 Å². The molecule has 1 fully saturated rings. The SMILES string of the molecule is COc1ccc(CN(C)C2CCCC2)cc1C#N. The summed E-state index contributed by atoms with van der Waals surface area (Å²) in [5, 5.41) is 9.08. The van der Waals surface area contributed by atoms with Gasteiger partial charge in [0.2, 0.25) is 0 Å². The van der Waals surface area contributed by atoms with E-state index in [1.54, 1.807) is 7.11 Å². The van der Waals surface area contributed by atoms with Crippen LogP contribution in [0.2, 0.25) is 0 Å². The number of benzene rings is 1. The van der Waals surface area contributed by atoms with Gasteiger partial charge in [-0.05, 0) is 37.6 Å². The minimum Gasteiger partial charge on any atom is -0.495 e. The van der Waals surface area contributed by atoms with Crippen molar-refractivity contribution in [3.05, 3.63) is 29.3 Å². The van der Waals surface area contributed by atoms with Gasteiger partial charge in [0.05, 0.1) is 12.7 Å². The summed E-state index contributed by atoms with van der Waals surface area (Å²) < 4.78 is 5.16. The summed E-state index contributed by atoms with van der Waals surface area (Å²) in [6.07, 6.45) is 5.30. The molecule has 2 rings (SSSR count). The van der Waals surface area contributed by atoms with Crippen LogP contribution >= 0.6 is 0 Å². The fourth-order valence-corrected chi connectivity index (χ4v) is 2.70. The Morgan fingerprint density at radius 3 is 2.72 bits per heavy atom.